The van der Waals surface area contributed by atoms with Gasteiger partial charge in [-0.05, 0) is 23.3 Å². The number of nitrogen functional groups attached to an aromatic ring is 1. The summed E-state index contributed by atoms with van der Waals surface area (Å²) < 4.78 is 11.9. The summed E-state index contributed by atoms with van der Waals surface area (Å²) in [5.41, 5.74) is 9.75. The highest BCUT2D eigenvalue weighted by Crippen LogP contribution is 2.36. The predicted molar refractivity (Wildman–Crippen MR) is 127 cm³/mol. The van der Waals surface area contributed by atoms with Crippen LogP contribution >= 0.6 is 0 Å². The lowest BCUT2D eigenvalue weighted by Crippen LogP contribution is -2.13. The van der Waals surface area contributed by atoms with E-state index in [9.17, 15) is 4.79 Å². The van der Waals surface area contributed by atoms with Crippen LogP contribution in [0, 0.1) is 0 Å². The Balaban J connectivity index is 1.58. The van der Waals surface area contributed by atoms with E-state index in [0.29, 0.717) is 41.7 Å². The first-order valence-corrected chi connectivity index (χ1v) is 10.3. The van der Waals surface area contributed by atoms with Crippen LogP contribution in [0.2, 0.25) is 0 Å². The van der Waals surface area contributed by atoms with E-state index >= 15 is 0 Å². The van der Waals surface area contributed by atoms with E-state index < -0.39 is 0 Å². The number of nitrogens with two attached hydrogens (primary N) is 1. The number of hydrogen-bond acceptors (Lipinski definition) is 4. The number of rotatable bonds is 8. The molecule has 0 heterocycles. The Morgan fingerprint density at radius 1 is 0.688 bits per heavy atom. The molecule has 0 atom stereocenters. The summed E-state index contributed by atoms with van der Waals surface area (Å²) in [6, 6.07) is 32.0. The van der Waals surface area contributed by atoms with E-state index in [4.69, 9.17) is 15.2 Å². The largest absolute Gasteiger partial charge is 0.487 e. The molecular weight excluding hydrogens is 400 g/mol. The van der Waals surface area contributed by atoms with E-state index in [1.165, 1.54) is 0 Å². The fraction of sp³-hybridized carbons (Fsp3) is 0.0741. The fourth-order valence-electron chi connectivity index (χ4n) is 3.17. The van der Waals surface area contributed by atoms with Crippen LogP contribution in [0.25, 0.3) is 0 Å². The highest BCUT2D eigenvalue weighted by Gasteiger charge is 2.15. The molecule has 0 fully saturated rings. The molecule has 4 aromatic carbocycles. The first-order chi connectivity index (χ1) is 15.7. The number of nitrogens with one attached hydrogen (secondary N) is 1. The third-order valence-electron chi connectivity index (χ3n) is 4.87. The van der Waals surface area contributed by atoms with E-state index in [1.54, 1.807) is 24.3 Å². The molecule has 160 valence electrons. The quantitative estimate of drug-likeness (QED) is 0.357. The molecule has 3 N–H and O–H groups in total. The highest BCUT2D eigenvalue weighted by molar-refractivity contribution is 6.05. The van der Waals surface area contributed by atoms with Gasteiger partial charge in [0, 0.05) is 17.7 Å². The van der Waals surface area contributed by atoms with Crippen LogP contribution in [0.1, 0.15) is 21.5 Å². The van der Waals surface area contributed by atoms with Crippen LogP contribution in [0.5, 0.6) is 11.5 Å². The van der Waals surface area contributed by atoms with Crippen molar-refractivity contribution < 1.29 is 14.3 Å². The molecule has 0 radical (unpaired) electrons. The second-order valence-electron chi connectivity index (χ2n) is 7.25. The Hall–Kier alpha value is -4.25. The first-order valence-electron chi connectivity index (χ1n) is 10.3. The lowest BCUT2D eigenvalue weighted by Gasteiger charge is -2.17. The van der Waals surface area contributed by atoms with Crippen molar-refractivity contribution in [1.29, 1.82) is 0 Å². The van der Waals surface area contributed by atoms with Gasteiger partial charge in [0.05, 0.1) is 11.4 Å². The van der Waals surface area contributed by atoms with Crippen LogP contribution in [0.4, 0.5) is 11.4 Å². The molecule has 0 aromatic heterocycles. The maximum Gasteiger partial charge on any atom is 0.255 e. The van der Waals surface area contributed by atoms with E-state index in [1.807, 2.05) is 78.9 Å². The lowest BCUT2D eigenvalue weighted by atomic mass is 10.2. The minimum absolute atomic E-state index is 0.242. The smallest absolute Gasteiger partial charge is 0.255 e. The molecule has 0 saturated heterocycles. The van der Waals surface area contributed by atoms with Crippen LogP contribution in [0.15, 0.2) is 103 Å². The molecular formula is C27H24N2O3. The molecule has 0 spiro atoms. The van der Waals surface area contributed by atoms with Gasteiger partial charge >= 0.3 is 0 Å². The minimum atomic E-state index is -0.242. The Bertz CT molecular complexity index is 1160. The number of carbonyl (C=O) groups is 1. The minimum Gasteiger partial charge on any atom is -0.487 e. The number of carbonyl (C=O) groups excluding carboxylic acids is 1. The van der Waals surface area contributed by atoms with Crippen molar-refractivity contribution in [1.82, 2.24) is 0 Å². The molecule has 5 heteroatoms. The Labute approximate surface area is 187 Å². The van der Waals surface area contributed by atoms with Gasteiger partial charge < -0.3 is 20.5 Å². The standard InChI is InChI=1S/C27H24N2O3/c28-23-16-26(32-19-21-12-6-2-7-13-21)24(29-27(30)22-14-8-3-9-15-22)17-25(23)31-18-20-10-4-1-5-11-20/h1-17H,18-19,28H2,(H,29,30). The second kappa shape index (κ2) is 10.2. The fourth-order valence-corrected chi connectivity index (χ4v) is 3.17. The van der Waals surface area contributed by atoms with Gasteiger partial charge in [0.2, 0.25) is 0 Å². The normalized spacial score (nSPS) is 10.4. The van der Waals surface area contributed by atoms with Crippen LogP contribution in [-0.2, 0) is 13.2 Å². The van der Waals surface area contributed by atoms with Crippen molar-refractivity contribution in [2.45, 2.75) is 13.2 Å². The number of hydrogen-bond donors (Lipinski definition) is 2. The molecule has 4 rings (SSSR count). The zero-order valence-corrected chi connectivity index (χ0v) is 17.5. The number of ether oxygens (including phenoxy) is 2. The van der Waals surface area contributed by atoms with E-state index in [0.717, 1.165) is 11.1 Å². The molecule has 0 saturated carbocycles. The number of amides is 1. The summed E-state index contributed by atoms with van der Waals surface area (Å²) in [6.07, 6.45) is 0. The lowest BCUT2D eigenvalue weighted by molar-refractivity contribution is 0.102. The molecule has 32 heavy (non-hydrogen) atoms. The van der Waals surface area contributed by atoms with Gasteiger partial charge in [0.15, 0.2) is 0 Å². The summed E-state index contributed by atoms with van der Waals surface area (Å²) in [6.45, 7) is 0.708. The second-order valence-corrected chi connectivity index (χ2v) is 7.25. The molecule has 0 aliphatic rings. The molecule has 1 amide bonds. The van der Waals surface area contributed by atoms with Crippen LogP contribution < -0.4 is 20.5 Å². The molecule has 0 aliphatic heterocycles. The maximum atomic E-state index is 12.8. The molecule has 0 bridgehead atoms. The first kappa shape index (κ1) is 21.0. The van der Waals surface area contributed by atoms with Crippen molar-refractivity contribution in [2.75, 3.05) is 11.1 Å². The SMILES string of the molecule is Nc1cc(OCc2ccccc2)c(NC(=O)c2ccccc2)cc1OCc1ccccc1. The monoisotopic (exact) mass is 424 g/mol. The van der Waals surface area contributed by atoms with E-state index in [-0.39, 0.29) is 5.91 Å². The number of benzene rings is 4. The van der Waals surface area contributed by atoms with Gasteiger partial charge in [-0.25, -0.2) is 0 Å². The van der Waals surface area contributed by atoms with Gasteiger partial charge in [0.1, 0.15) is 24.7 Å². The topological polar surface area (TPSA) is 73.6 Å². The average molecular weight is 425 g/mol. The molecule has 0 unspecified atom stereocenters. The summed E-state index contributed by atoms with van der Waals surface area (Å²) in [5.74, 6) is 0.709. The summed E-state index contributed by atoms with van der Waals surface area (Å²) in [4.78, 5) is 12.8. The van der Waals surface area contributed by atoms with Crippen molar-refractivity contribution in [2.24, 2.45) is 0 Å². The van der Waals surface area contributed by atoms with Crippen molar-refractivity contribution in [3.8, 4) is 11.5 Å². The zero-order valence-electron chi connectivity index (χ0n) is 17.5. The average Bonchev–Trinajstić information content (AvgIpc) is 2.85. The van der Waals surface area contributed by atoms with Gasteiger partial charge in [-0.3, -0.25) is 4.79 Å². The molecule has 0 aliphatic carbocycles. The number of anilines is 2. The zero-order chi connectivity index (χ0) is 22.2. The van der Waals surface area contributed by atoms with E-state index in [2.05, 4.69) is 5.32 Å². The van der Waals surface area contributed by atoms with Gasteiger partial charge in [-0.15, -0.1) is 0 Å². The Kier molecular flexibility index (Phi) is 6.68. The maximum absolute atomic E-state index is 12.8. The van der Waals surface area contributed by atoms with Crippen molar-refractivity contribution >= 4 is 17.3 Å². The summed E-state index contributed by atoms with van der Waals surface area (Å²) in [7, 11) is 0. The molecule has 4 aromatic rings. The van der Waals surface area contributed by atoms with Crippen LogP contribution in [-0.4, -0.2) is 5.91 Å². The molecule has 5 nitrogen and oxygen atoms in total. The summed E-state index contributed by atoms with van der Waals surface area (Å²) >= 11 is 0. The predicted octanol–water partition coefficient (Wildman–Crippen LogP) is 5.68. The Morgan fingerprint density at radius 3 is 1.75 bits per heavy atom. The van der Waals surface area contributed by atoms with Gasteiger partial charge in [-0.2, -0.15) is 0 Å². The Morgan fingerprint density at radius 2 is 1.19 bits per heavy atom. The van der Waals surface area contributed by atoms with Crippen LogP contribution in [0.3, 0.4) is 0 Å². The third-order valence-corrected chi connectivity index (χ3v) is 4.87. The van der Waals surface area contributed by atoms with Crippen molar-refractivity contribution in [3.05, 3.63) is 120 Å². The van der Waals surface area contributed by atoms with Gasteiger partial charge in [0.25, 0.3) is 5.91 Å². The summed E-state index contributed by atoms with van der Waals surface area (Å²) in [5, 5.41) is 2.93. The highest BCUT2D eigenvalue weighted by atomic mass is 16.5. The third kappa shape index (κ3) is 5.46. The van der Waals surface area contributed by atoms with Gasteiger partial charge in [-0.1, -0.05) is 78.9 Å². The van der Waals surface area contributed by atoms with Crippen molar-refractivity contribution in [3.63, 3.8) is 0 Å².